The molecule has 0 aromatic carbocycles. The SMILES string of the molecule is CC(CC(=O)O)CC(=O)N1CC(C)CC(C)C1C. The molecule has 0 radical (unpaired) electrons. The Bertz CT molecular complexity index is 316. The van der Waals surface area contributed by atoms with Crippen LogP contribution in [0.4, 0.5) is 0 Å². The van der Waals surface area contributed by atoms with E-state index in [2.05, 4.69) is 20.8 Å². The van der Waals surface area contributed by atoms with Crippen LogP contribution in [0, 0.1) is 17.8 Å². The van der Waals surface area contributed by atoms with Crippen molar-refractivity contribution in [3.8, 4) is 0 Å². The van der Waals surface area contributed by atoms with E-state index < -0.39 is 5.97 Å². The molecule has 1 aliphatic heterocycles. The maximum atomic E-state index is 12.2. The first-order valence-electron chi connectivity index (χ1n) is 6.82. The summed E-state index contributed by atoms with van der Waals surface area (Å²) in [4.78, 5) is 24.8. The number of likely N-dealkylation sites (tertiary alicyclic amines) is 1. The minimum absolute atomic E-state index is 0.0685. The molecule has 4 nitrogen and oxygen atoms in total. The Hall–Kier alpha value is -1.06. The van der Waals surface area contributed by atoms with E-state index in [0.29, 0.717) is 18.3 Å². The highest BCUT2D eigenvalue weighted by Gasteiger charge is 2.32. The fourth-order valence-corrected chi connectivity index (χ4v) is 2.83. The van der Waals surface area contributed by atoms with Crippen LogP contribution in [-0.4, -0.2) is 34.5 Å². The van der Waals surface area contributed by atoms with Crippen LogP contribution in [0.25, 0.3) is 0 Å². The molecule has 0 spiro atoms. The van der Waals surface area contributed by atoms with Gasteiger partial charge in [0.2, 0.25) is 5.91 Å². The van der Waals surface area contributed by atoms with Crippen molar-refractivity contribution in [3.63, 3.8) is 0 Å². The zero-order valence-electron chi connectivity index (χ0n) is 11.8. The Morgan fingerprint density at radius 3 is 2.44 bits per heavy atom. The summed E-state index contributed by atoms with van der Waals surface area (Å²) < 4.78 is 0. The third-order valence-corrected chi connectivity index (χ3v) is 3.96. The van der Waals surface area contributed by atoms with Crippen LogP contribution in [-0.2, 0) is 9.59 Å². The van der Waals surface area contributed by atoms with Crippen LogP contribution < -0.4 is 0 Å². The van der Waals surface area contributed by atoms with E-state index in [9.17, 15) is 9.59 Å². The van der Waals surface area contributed by atoms with Crippen LogP contribution >= 0.6 is 0 Å². The average molecular weight is 255 g/mol. The average Bonchev–Trinajstić information content (AvgIpc) is 2.21. The molecule has 4 heteroatoms. The van der Waals surface area contributed by atoms with Crippen molar-refractivity contribution < 1.29 is 14.7 Å². The monoisotopic (exact) mass is 255 g/mol. The zero-order chi connectivity index (χ0) is 13.9. The third kappa shape index (κ3) is 4.00. The van der Waals surface area contributed by atoms with Gasteiger partial charge in [0, 0.05) is 25.4 Å². The van der Waals surface area contributed by atoms with Gasteiger partial charge in [0.25, 0.3) is 0 Å². The van der Waals surface area contributed by atoms with Crippen molar-refractivity contribution >= 4 is 11.9 Å². The van der Waals surface area contributed by atoms with Gasteiger partial charge in [-0.3, -0.25) is 9.59 Å². The molecule has 0 aromatic rings. The van der Waals surface area contributed by atoms with Crippen molar-refractivity contribution in [3.05, 3.63) is 0 Å². The molecule has 1 N–H and O–H groups in total. The number of carbonyl (C=O) groups excluding carboxylic acids is 1. The predicted octanol–water partition coefficient (Wildman–Crippen LogP) is 2.38. The van der Waals surface area contributed by atoms with E-state index in [0.717, 1.165) is 13.0 Å². The number of carboxylic acid groups (broad SMARTS) is 1. The van der Waals surface area contributed by atoms with E-state index in [-0.39, 0.29) is 24.3 Å². The van der Waals surface area contributed by atoms with E-state index in [4.69, 9.17) is 5.11 Å². The first-order valence-corrected chi connectivity index (χ1v) is 6.82. The van der Waals surface area contributed by atoms with Gasteiger partial charge in [-0.15, -0.1) is 0 Å². The minimum atomic E-state index is -0.830. The molecular weight excluding hydrogens is 230 g/mol. The summed E-state index contributed by atoms with van der Waals surface area (Å²) >= 11 is 0. The summed E-state index contributed by atoms with van der Waals surface area (Å²) in [5.74, 6) is 0.246. The lowest BCUT2D eigenvalue weighted by molar-refractivity contribution is -0.140. The fraction of sp³-hybridized carbons (Fsp3) is 0.857. The summed E-state index contributed by atoms with van der Waals surface area (Å²) in [5.41, 5.74) is 0. The maximum Gasteiger partial charge on any atom is 0.303 e. The van der Waals surface area contributed by atoms with Gasteiger partial charge in [0.15, 0.2) is 0 Å². The van der Waals surface area contributed by atoms with Crippen LogP contribution in [0.3, 0.4) is 0 Å². The van der Waals surface area contributed by atoms with Crippen molar-refractivity contribution in [2.24, 2.45) is 17.8 Å². The van der Waals surface area contributed by atoms with Gasteiger partial charge in [-0.25, -0.2) is 0 Å². The summed E-state index contributed by atoms with van der Waals surface area (Å²) in [6, 6.07) is 0.269. The Morgan fingerprint density at radius 1 is 1.28 bits per heavy atom. The lowest BCUT2D eigenvalue weighted by atomic mass is 9.85. The van der Waals surface area contributed by atoms with Gasteiger partial charge < -0.3 is 10.0 Å². The minimum Gasteiger partial charge on any atom is -0.481 e. The Kier molecular flexibility index (Phi) is 5.17. The smallest absolute Gasteiger partial charge is 0.303 e. The van der Waals surface area contributed by atoms with E-state index >= 15 is 0 Å². The molecule has 4 atom stereocenters. The lowest BCUT2D eigenvalue weighted by Gasteiger charge is -2.41. The number of piperidine rings is 1. The van der Waals surface area contributed by atoms with Gasteiger partial charge in [-0.05, 0) is 31.1 Å². The summed E-state index contributed by atoms with van der Waals surface area (Å²) in [6.45, 7) is 9.08. The largest absolute Gasteiger partial charge is 0.481 e. The molecule has 1 heterocycles. The topological polar surface area (TPSA) is 57.6 Å². The quantitative estimate of drug-likeness (QED) is 0.839. The van der Waals surface area contributed by atoms with Crippen molar-refractivity contribution in [2.45, 2.75) is 53.0 Å². The molecule has 1 aliphatic rings. The number of hydrogen-bond donors (Lipinski definition) is 1. The van der Waals surface area contributed by atoms with Gasteiger partial charge >= 0.3 is 5.97 Å². The third-order valence-electron chi connectivity index (χ3n) is 3.96. The first kappa shape index (κ1) is 15.0. The van der Waals surface area contributed by atoms with Crippen molar-refractivity contribution in [2.75, 3.05) is 6.54 Å². The molecule has 0 saturated carbocycles. The maximum absolute atomic E-state index is 12.2. The first-order chi connectivity index (χ1) is 8.31. The molecule has 1 saturated heterocycles. The van der Waals surface area contributed by atoms with Gasteiger partial charge in [-0.1, -0.05) is 20.8 Å². The van der Waals surface area contributed by atoms with E-state index in [1.54, 1.807) is 0 Å². The number of carbonyl (C=O) groups is 2. The summed E-state index contributed by atoms with van der Waals surface area (Å²) in [5, 5.41) is 8.72. The second-order valence-corrected chi connectivity index (χ2v) is 6.01. The number of amides is 1. The van der Waals surface area contributed by atoms with Crippen LogP contribution in [0.15, 0.2) is 0 Å². The summed E-state index contributed by atoms with van der Waals surface area (Å²) in [6.07, 6.45) is 1.57. The Labute approximate surface area is 109 Å². The lowest BCUT2D eigenvalue weighted by Crippen LogP contribution is -2.49. The highest BCUT2D eigenvalue weighted by Crippen LogP contribution is 2.28. The fourth-order valence-electron chi connectivity index (χ4n) is 2.83. The highest BCUT2D eigenvalue weighted by molar-refractivity contribution is 5.77. The number of rotatable bonds is 4. The van der Waals surface area contributed by atoms with Crippen molar-refractivity contribution in [1.82, 2.24) is 4.90 Å². The number of carboxylic acids is 1. The number of aliphatic carboxylic acids is 1. The molecule has 0 bridgehead atoms. The number of nitrogens with zero attached hydrogens (tertiary/aromatic N) is 1. The Balaban J connectivity index is 2.56. The van der Waals surface area contributed by atoms with Gasteiger partial charge in [0.05, 0.1) is 0 Å². The Morgan fingerprint density at radius 2 is 1.89 bits per heavy atom. The molecule has 0 aromatic heterocycles. The normalized spacial score (nSPS) is 30.0. The number of hydrogen-bond acceptors (Lipinski definition) is 2. The molecule has 0 aliphatic carbocycles. The standard InChI is InChI=1S/C14H25NO3/c1-9(7-14(17)18)6-13(16)15-8-10(2)5-11(3)12(15)4/h9-12H,5-8H2,1-4H3,(H,17,18). The van der Waals surface area contributed by atoms with Crippen molar-refractivity contribution in [1.29, 1.82) is 0 Å². The molecular formula is C14H25NO3. The van der Waals surface area contributed by atoms with E-state index in [1.165, 1.54) is 0 Å². The predicted molar refractivity (Wildman–Crippen MR) is 70.2 cm³/mol. The van der Waals surface area contributed by atoms with Crippen LogP contribution in [0.1, 0.15) is 47.0 Å². The second-order valence-electron chi connectivity index (χ2n) is 6.01. The van der Waals surface area contributed by atoms with Gasteiger partial charge in [-0.2, -0.15) is 0 Å². The van der Waals surface area contributed by atoms with Gasteiger partial charge in [0.1, 0.15) is 0 Å². The molecule has 4 unspecified atom stereocenters. The molecule has 1 fully saturated rings. The highest BCUT2D eigenvalue weighted by atomic mass is 16.4. The summed E-state index contributed by atoms with van der Waals surface area (Å²) in [7, 11) is 0. The van der Waals surface area contributed by atoms with E-state index in [1.807, 2.05) is 11.8 Å². The second kappa shape index (κ2) is 6.21. The molecule has 1 amide bonds. The molecule has 18 heavy (non-hydrogen) atoms. The zero-order valence-corrected chi connectivity index (χ0v) is 11.8. The molecule has 104 valence electrons. The molecule has 1 rings (SSSR count). The van der Waals surface area contributed by atoms with Crippen LogP contribution in [0.5, 0.6) is 0 Å². The van der Waals surface area contributed by atoms with Crippen LogP contribution in [0.2, 0.25) is 0 Å².